The van der Waals surface area contributed by atoms with E-state index >= 15 is 0 Å². The molecule has 29 heavy (non-hydrogen) atoms. The highest BCUT2D eigenvalue weighted by Crippen LogP contribution is 2.22. The zero-order valence-electron chi connectivity index (χ0n) is 15.3. The lowest BCUT2D eigenvalue weighted by Crippen LogP contribution is -2.27. The second-order valence-electron chi connectivity index (χ2n) is 6.14. The maximum Gasteiger partial charge on any atom is 0.352 e. The van der Waals surface area contributed by atoms with Crippen LogP contribution in [0.15, 0.2) is 84.6 Å². The van der Waals surface area contributed by atoms with Gasteiger partial charge in [-0.3, -0.25) is 4.79 Å². The normalized spacial score (nSPS) is 11.0. The molecule has 0 heterocycles. The van der Waals surface area contributed by atoms with Crippen molar-refractivity contribution in [2.75, 3.05) is 0 Å². The third-order valence-corrected chi connectivity index (χ3v) is 4.25. The zero-order chi connectivity index (χ0) is 20.6. The molecule has 0 bridgehead atoms. The van der Waals surface area contributed by atoms with Crippen LogP contribution < -0.4 is 10.1 Å². The van der Waals surface area contributed by atoms with Crippen molar-refractivity contribution in [3.05, 3.63) is 106 Å². The lowest BCUT2D eigenvalue weighted by Gasteiger charge is -2.11. The van der Waals surface area contributed by atoms with Crippen molar-refractivity contribution < 1.29 is 19.4 Å². The topological polar surface area (TPSA) is 75.6 Å². The van der Waals surface area contributed by atoms with Crippen LogP contribution in [-0.2, 0) is 11.4 Å². The molecule has 0 saturated heterocycles. The number of carbonyl (C=O) groups excluding carboxylic acids is 1. The standard InChI is InChI=1S/C23H18ClNO4/c24-19-11-6-7-16(13-19)15-29-21-12-5-4-10-18(21)14-20(23(27)28)25-22(26)17-8-2-1-3-9-17/h1-14H,15H2,(H,25,26)(H,27,28)/b20-14+. The fourth-order valence-electron chi connectivity index (χ4n) is 2.61. The van der Waals surface area contributed by atoms with Crippen LogP contribution in [0.3, 0.4) is 0 Å². The first-order valence-corrected chi connectivity index (χ1v) is 9.18. The number of rotatable bonds is 7. The van der Waals surface area contributed by atoms with E-state index in [2.05, 4.69) is 5.32 Å². The maximum absolute atomic E-state index is 12.3. The highest BCUT2D eigenvalue weighted by molar-refractivity contribution is 6.30. The number of nitrogens with one attached hydrogen (secondary N) is 1. The molecular formula is C23H18ClNO4. The molecule has 1 amide bonds. The summed E-state index contributed by atoms with van der Waals surface area (Å²) in [6.07, 6.45) is 1.37. The van der Waals surface area contributed by atoms with Crippen molar-refractivity contribution in [2.24, 2.45) is 0 Å². The molecule has 2 N–H and O–H groups in total. The predicted octanol–water partition coefficient (Wildman–Crippen LogP) is 4.77. The molecule has 146 valence electrons. The highest BCUT2D eigenvalue weighted by atomic mass is 35.5. The van der Waals surface area contributed by atoms with Gasteiger partial charge in [0.1, 0.15) is 18.1 Å². The third kappa shape index (κ3) is 5.70. The molecule has 3 rings (SSSR count). The van der Waals surface area contributed by atoms with Crippen LogP contribution in [0.4, 0.5) is 0 Å². The van der Waals surface area contributed by atoms with E-state index in [1.54, 1.807) is 66.7 Å². The monoisotopic (exact) mass is 407 g/mol. The van der Waals surface area contributed by atoms with Gasteiger partial charge in [0.25, 0.3) is 5.91 Å². The molecule has 0 spiro atoms. The zero-order valence-corrected chi connectivity index (χ0v) is 16.1. The number of aliphatic carboxylic acids is 1. The second-order valence-corrected chi connectivity index (χ2v) is 6.58. The molecule has 0 aliphatic rings. The van der Waals surface area contributed by atoms with Gasteiger partial charge in [-0.05, 0) is 42.0 Å². The molecule has 6 heteroatoms. The number of hydrogen-bond donors (Lipinski definition) is 2. The van der Waals surface area contributed by atoms with Crippen LogP contribution in [0.25, 0.3) is 6.08 Å². The molecule has 0 saturated carbocycles. The second kappa shape index (κ2) is 9.57. The first kappa shape index (κ1) is 20.2. The fraction of sp³-hybridized carbons (Fsp3) is 0.0435. The van der Waals surface area contributed by atoms with Crippen LogP contribution >= 0.6 is 11.6 Å². The lowest BCUT2D eigenvalue weighted by atomic mass is 10.1. The van der Waals surface area contributed by atoms with Crippen LogP contribution in [-0.4, -0.2) is 17.0 Å². The van der Waals surface area contributed by atoms with Gasteiger partial charge in [0.2, 0.25) is 0 Å². The van der Waals surface area contributed by atoms with Crippen molar-refractivity contribution in [1.82, 2.24) is 5.32 Å². The van der Waals surface area contributed by atoms with E-state index < -0.39 is 11.9 Å². The molecule has 3 aromatic rings. The van der Waals surface area contributed by atoms with Crippen molar-refractivity contribution >= 4 is 29.6 Å². The Morgan fingerprint density at radius 2 is 1.69 bits per heavy atom. The average molecular weight is 408 g/mol. The van der Waals surface area contributed by atoms with Crippen molar-refractivity contribution in [1.29, 1.82) is 0 Å². The van der Waals surface area contributed by atoms with E-state index in [0.29, 0.717) is 21.9 Å². The van der Waals surface area contributed by atoms with Crippen LogP contribution in [0.1, 0.15) is 21.5 Å². The summed E-state index contributed by atoms with van der Waals surface area (Å²) in [5, 5.41) is 12.6. The van der Waals surface area contributed by atoms with Gasteiger partial charge in [-0.1, -0.05) is 60.1 Å². The summed E-state index contributed by atoms with van der Waals surface area (Å²) in [5.74, 6) is -1.27. The van der Waals surface area contributed by atoms with Crippen molar-refractivity contribution in [2.45, 2.75) is 6.61 Å². The summed E-state index contributed by atoms with van der Waals surface area (Å²) in [7, 11) is 0. The summed E-state index contributed by atoms with van der Waals surface area (Å²) in [5.41, 5.74) is 1.52. The molecule has 0 atom stereocenters. The van der Waals surface area contributed by atoms with E-state index in [1.807, 2.05) is 12.1 Å². The van der Waals surface area contributed by atoms with Gasteiger partial charge in [0, 0.05) is 16.1 Å². The molecule has 0 unspecified atom stereocenters. The number of carboxylic acids is 1. The Kier molecular flexibility index (Phi) is 6.66. The van der Waals surface area contributed by atoms with Crippen LogP contribution in [0.2, 0.25) is 5.02 Å². The van der Waals surface area contributed by atoms with Crippen molar-refractivity contribution in [3.8, 4) is 5.75 Å². The lowest BCUT2D eigenvalue weighted by molar-refractivity contribution is -0.132. The Hall–Kier alpha value is -3.57. The number of hydrogen-bond acceptors (Lipinski definition) is 3. The number of ether oxygens (including phenoxy) is 1. The van der Waals surface area contributed by atoms with Gasteiger partial charge in [-0.25, -0.2) is 4.79 Å². The van der Waals surface area contributed by atoms with Gasteiger partial charge >= 0.3 is 5.97 Å². The van der Waals surface area contributed by atoms with E-state index in [9.17, 15) is 14.7 Å². The Morgan fingerprint density at radius 3 is 2.41 bits per heavy atom. The molecule has 3 aromatic carbocycles. The summed E-state index contributed by atoms with van der Waals surface area (Å²) in [6.45, 7) is 0.268. The summed E-state index contributed by atoms with van der Waals surface area (Å²) in [4.78, 5) is 24.0. The van der Waals surface area contributed by atoms with Gasteiger partial charge in [-0.15, -0.1) is 0 Å². The molecule has 0 aliphatic carbocycles. The minimum atomic E-state index is -1.25. The Morgan fingerprint density at radius 1 is 0.966 bits per heavy atom. The quantitative estimate of drug-likeness (QED) is 0.553. The van der Waals surface area contributed by atoms with Crippen LogP contribution in [0.5, 0.6) is 5.75 Å². The highest BCUT2D eigenvalue weighted by Gasteiger charge is 2.14. The van der Waals surface area contributed by atoms with E-state index in [-0.39, 0.29) is 12.3 Å². The number of para-hydroxylation sites is 1. The molecule has 0 fully saturated rings. The first-order chi connectivity index (χ1) is 14.0. The Bertz CT molecular complexity index is 1050. The molecule has 0 radical (unpaired) electrons. The Labute approximate surface area is 173 Å². The first-order valence-electron chi connectivity index (χ1n) is 8.80. The number of benzene rings is 3. The largest absolute Gasteiger partial charge is 0.488 e. The maximum atomic E-state index is 12.3. The van der Waals surface area contributed by atoms with Crippen molar-refractivity contribution in [3.63, 3.8) is 0 Å². The van der Waals surface area contributed by atoms with Crippen LogP contribution in [0, 0.1) is 0 Å². The van der Waals surface area contributed by atoms with Gasteiger partial charge in [-0.2, -0.15) is 0 Å². The van der Waals surface area contributed by atoms with E-state index in [4.69, 9.17) is 16.3 Å². The number of carboxylic acid groups (broad SMARTS) is 1. The van der Waals surface area contributed by atoms with Gasteiger partial charge in [0.05, 0.1) is 0 Å². The molecular weight excluding hydrogens is 390 g/mol. The third-order valence-electron chi connectivity index (χ3n) is 4.02. The molecule has 0 aliphatic heterocycles. The summed E-state index contributed by atoms with van der Waals surface area (Å²) >= 11 is 5.99. The van der Waals surface area contributed by atoms with Gasteiger partial charge in [0.15, 0.2) is 0 Å². The summed E-state index contributed by atoms with van der Waals surface area (Å²) in [6, 6.07) is 22.7. The SMILES string of the molecule is O=C(O)/C(=C\c1ccccc1OCc1cccc(Cl)c1)NC(=O)c1ccccc1. The fourth-order valence-corrected chi connectivity index (χ4v) is 2.82. The van der Waals surface area contributed by atoms with Gasteiger partial charge < -0.3 is 15.2 Å². The number of carbonyl (C=O) groups is 2. The number of amides is 1. The number of halogens is 1. The molecule has 0 aromatic heterocycles. The minimum Gasteiger partial charge on any atom is -0.488 e. The Balaban J connectivity index is 1.81. The minimum absolute atomic E-state index is 0.252. The smallest absolute Gasteiger partial charge is 0.352 e. The summed E-state index contributed by atoms with van der Waals surface area (Å²) < 4.78 is 5.84. The molecule has 5 nitrogen and oxygen atoms in total. The van der Waals surface area contributed by atoms with E-state index in [0.717, 1.165) is 5.56 Å². The van der Waals surface area contributed by atoms with E-state index in [1.165, 1.54) is 6.08 Å². The average Bonchev–Trinajstić information content (AvgIpc) is 2.73. The predicted molar refractivity (Wildman–Crippen MR) is 112 cm³/mol.